The molecule has 0 fully saturated rings. The lowest BCUT2D eigenvalue weighted by atomic mass is 10.0. The van der Waals surface area contributed by atoms with E-state index in [9.17, 15) is 5.11 Å². The van der Waals surface area contributed by atoms with E-state index >= 15 is 0 Å². The molecular weight excluding hydrogens is 264 g/mol. The van der Waals surface area contributed by atoms with Gasteiger partial charge in [0.05, 0.1) is 0 Å². The third-order valence-corrected chi connectivity index (χ3v) is 5.41. The molecule has 20 heavy (non-hydrogen) atoms. The summed E-state index contributed by atoms with van der Waals surface area (Å²) in [6.07, 6.45) is 3.14. The third kappa shape index (κ3) is 1.96. The lowest BCUT2D eigenvalue weighted by Gasteiger charge is -2.10. The molecule has 1 atom stereocenters. The molecule has 1 aliphatic carbocycles. The summed E-state index contributed by atoms with van der Waals surface area (Å²) in [4.78, 5) is 2.56. The topological polar surface area (TPSA) is 20.2 Å². The molecule has 4 rings (SSSR count). The summed E-state index contributed by atoms with van der Waals surface area (Å²) in [5.74, 6) is 0. The average Bonchev–Trinajstić information content (AvgIpc) is 3.07. The SMILES string of the molecule is OC(c1ccc2ccccc2c1)c1cc2c(s1)CCC2. The fourth-order valence-electron chi connectivity index (χ4n) is 3.03. The minimum Gasteiger partial charge on any atom is -0.383 e. The van der Waals surface area contributed by atoms with Gasteiger partial charge in [0.25, 0.3) is 0 Å². The van der Waals surface area contributed by atoms with Gasteiger partial charge in [-0.2, -0.15) is 0 Å². The van der Waals surface area contributed by atoms with Crippen molar-refractivity contribution in [2.75, 3.05) is 0 Å². The third-order valence-electron chi connectivity index (χ3n) is 4.12. The summed E-state index contributed by atoms with van der Waals surface area (Å²) in [5, 5.41) is 13.0. The lowest BCUT2D eigenvalue weighted by Crippen LogP contribution is -1.97. The van der Waals surface area contributed by atoms with Gasteiger partial charge >= 0.3 is 0 Å². The van der Waals surface area contributed by atoms with Gasteiger partial charge in [-0.15, -0.1) is 11.3 Å². The van der Waals surface area contributed by atoms with Crippen molar-refractivity contribution in [1.82, 2.24) is 0 Å². The quantitative estimate of drug-likeness (QED) is 0.734. The molecular formula is C18H16OS. The summed E-state index contributed by atoms with van der Waals surface area (Å²) in [6, 6.07) is 16.7. The van der Waals surface area contributed by atoms with Crippen LogP contribution in [-0.2, 0) is 12.8 Å². The van der Waals surface area contributed by atoms with Gasteiger partial charge in [0, 0.05) is 9.75 Å². The highest BCUT2D eigenvalue weighted by Gasteiger charge is 2.19. The summed E-state index contributed by atoms with van der Waals surface area (Å²) >= 11 is 1.78. The molecule has 0 saturated heterocycles. The predicted octanol–water partition coefficient (Wildman–Crippen LogP) is 4.47. The van der Waals surface area contributed by atoms with Crippen LogP contribution < -0.4 is 0 Å². The number of aliphatic hydroxyl groups excluding tert-OH is 1. The van der Waals surface area contributed by atoms with Crippen molar-refractivity contribution < 1.29 is 5.11 Å². The Balaban J connectivity index is 1.73. The number of hydrogen-bond acceptors (Lipinski definition) is 2. The molecule has 1 heterocycles. The molecule has 1 N–H and O–H groups in total. The van der Waals surface area contributed by atoms with Crippen molar-refractivity contribution in [3.8, 4) is 0 Å². The zero-order valence-electron chi connectivity index (χ0n) is 11.2. The summed E-state index contributed by atoms with van der Waals surface area (Å²) in [7, 11) is 0. The number of aryl methyl sites for hydroxylation is 2. The molecule has 0 bridgehead atoms. The predicted molar refractivity (Wildman–Crippen MR) is 84.4 cm³/mol. The molecule has 1 nitrogen and oxygen atoms in total. The molecule has 1 aromatic heterocycles. The number of aliphatic hydroxyl groups is 1. The number of hydrogen-bond donors (Lipinski definition) is 1. The first-order valence-corrected chi connectivity index (χ1v) is 7.91. The van der Waals surface area contributed by atoms with Crippen LogP contribution in [0, 0.1) is 0 Å². The number of fused-ring (bicyclic) bond motifs is 2. The van der Waals surface area contributed by atoms with E-state index in [0.29, 0.717) is 0 Å². The normalized spacial score (nSPS) is 15.4. The minimum absolute atomic E-state index is 0.491. The summed E-state index contributed by atoms with van der Waals surface area (Å²) in [6.45, 7) is 0. The van der Waals surface area contributed by atoms with Crippen LogP contribution in [0.1, 0.15) is 33.4 Å². The van der Waals surface area contributed by atoms with E-state index in [1.165, 1.54) is 40.5 Å². The van der Waals surface area contributed by atoms with Gasteiger partial charge in [-0.3, -0.25) is 0 Å². The maximum atomic E-state index is 10.6. The van der Waals surface area contributed by atoms with Crippen LogP contribution >= 0.6 is 11.3 Å². The average molecular weight is 280 g/mol. The van der Waals surface area contributed by atoms with E-state index in [0.717, 1.165) is 10.4 Å². The Morgan fingerprint density at radius 2 is 1.80 bits per heavy atom. The highest BCUT2D eigenvalue weighted by Crippen LogP contribution is 2.36. The number of rotatable bonds is 2. The van der Waals surface area contributed by atoms with E-state index in [1.54, 1.807) is 11.3 Å². The van der Waals surface area contributed by atoms with Crippen molar-refractivity contribution in [3.63, 3.8) is 0 Å². The Labute approximate surface area is 122 Å². The fraction of sp³-hybridized carbons (Fsp3) is 0.222. The van der Waals surface area contributed by atoms with E-state index in [-0.39, 0.29) is 0 Å². The smallest absolute Gasteiger partial charge is 0.113 e. The number of benzene rings is 2. The van der Waals surface area contributed by atoms with Gasteiger partial charge in [-0.1, -0.05) is 36.4 Å². The van der Waals surface area contributed by atoms with Crippen molar-refractivity contribution in [1.29, 1.82) is 0 Å². The van der Waals surface area contributed by atoms with E-state index in [2.05, 4.69) is 30.3 Å². The highest BCUT2D eigenvalue weighted by molar-refractivity contribution is 7.12. The van der Waals surface area contributed by atoms with E-state index in [4.69, 9.17) is 0 Å². The van der Waals surface area contributed by atoms with Gasteiger partial charge in [0.15, 0.2) is 0 Å². The van der Waals surface area contributed by atoms with Gasteiger partial charge in [-0.05, 0) is 53.3 Å². The van der Waals surface area contributed by atoms with Gasteiger partial charge in [0.1, 0.15) is 6.10 Å². The van der Waals surface area contributed by atoms with Crippen LogP contribution in [0.15, 0.2) is 48.5 Å². The van der Waals surface area contributed by atoms with Crippen molar-refractivity contribution >= 4 is 22.1 Å². The van der Waals surface area contributed by atoms with Crippen molar-refractivity contribution in [2.45, 2.75) is 25.4 Å². The molecule has 0 radical (unpaired) electrons. The molecule has 0 saturated carbocycles. The molecule has 1 unspecified atom stereocenters. The first kappa shape index (κ1) is 12.1. The maximum Gasteiger partial charge on any atom is 0.113 e. The first-order chi connectivity index (χ1) is 9.81. The van der Waals surface area contributed by atoms with E-state index in [1.807, 2.05) is 18.2 Å². The van der Waals surface area contributed by atoms with Crippen LogP contribution in [0.5, 0.6) is 0 Å². The highest BCUT2D eigenvalue weighted by atomic mass is 32.1. The van der Waals surface area contributed by atoms with Crippen LogP contribution in [0.4, 0.5) is 0 Å². The molecule has 2 aromatic carbocycles. The molecule has 2 heteroatoms. The van der Waals surface area contributed by atoms with Crippen LogP contribution in [0.25, 0.3) is 10.8 Å². The zero-order chi connectivity index (χ0) is 13.5. The summed E-state index contributed by atoms with van der Waals surface area (Å²) < 4.78 is 0. The Hall–Kier alpha value is -1.64. The Kier molecular flexibility index (Phi) is 2.86. The second-order valence-electron chi connectivity index (χ2n) is 5.46. The molecule has 1 aliphatic rings. The lowest BCUT2D eigenvalue weighted by molar-refractivity contribution is 0.224. The number of thiophene rings is 1. The Morgan fingerprint density at radius 1 is 0.950 bits per heavy atom. The molecule has 0 amide bonds. The molecule has 0 aliphatic heterocycles. The van der Waals surface area contributed by atoms with Crippen molar-refractivity contribution in [3.05, 3.63) is 69.4 Å². The molecule has 100 valence electrons. The van der Waals surface area contributed by atoms with Gasteiger partial charge in [0.2, 0.25) is 0 Å². The van der Waals surface area contributed by atoms with Crippen LogP contribution in [-0.4, -0.2) is 5.11 Å². The molecule has 3 aromatic rings. The second kappa shape index (κ2) is 4.72. The second-order valence-corrected chi connectivity index (χ2v) is 6.63. The Bertz CT molecular complexity index is 750. The first-order valence-electron chi connectivity index (χ1n) is 7.09. The van der Waals surface area contributed by atoms with E-state index < -0.39 is 6.10 Å². The van der Waals surface area contributed by atoms with Gasteiger partial charge < -0.3 is 5.11 Å². The largest absolute Gasteiger partial charge is 0.383 e. The standard InChI is InChI=1S/C18H16OS/c19-18(17-11-14-6-3-7-16(14)20-17)15-9-8-12-4-1-2-5-13(12)10-15/h1-2,4-5,8-11,18-19H,3,6-7H2. The summed E-state index contributed by atoms with van der Waals surface area (Å²) in [5.41, 5.74) is 2.44. The fourth-order valence-corrected chi connectivity index (χ4v) is 4.30. The Morgan fingerprint density at radius 3 is 2.65 bits per heavy atom. The van der Waals surface area contributed by atoms with Gasteiger partial charge in [-0.25, -0.2) is 0 Å². The monoisotopic (exact) mass is 280 g/mol. The minimum atomic E-state index is -0.491. The van der Waals surface area contributed by atoms with Crippen LogP contribution in [0.3, 0.4) is 0 Å². The maximum absolute atomic E-state index is 10.6. The van der Waals surface area contributed by atoms with Crippen molar-refractivity contribution in [2.24, 2.45) is 0 Å². The zero-order valence-corrected chi connectivity index (χ0v) is 12.0. The van der Waals surface area contributed by atoms with Crippen LogP contribution in [0.2, 0.25) is 0 Å². The molecule has 0 spiro atoms.